The van der Waals surface area contributed by atoms with E-state index in [0.717, 1.165) is 65.8 Å². The molecule has 5 nitrogen and oxygen atoms in total. The number of rotatable bonds is 7. The molecular weight excluding hydrogens is 537 g/mol. The highest BCUT2D eigenvalue weighted by molar-refractivity contribution is 5.96. The van der Waals surface area contributed by atoms with Gasteiger partial charge in [-0.15, -0.1) is 0 Å². The van der Waals surface area contributed by atoms with Crippen LogP contribution in [0.15, 0.2) is 71.3 Å². The minimum atomic E-state index is -1.47. The van der Waals surface area contributed by atoms with Crippen molar-refractivity contribution in [2.75, 3.05) is 26.7 Å². The summed E-state index contributed by atoms with van der Waals surface area (Å²) in [6.07, 6.45) is 13.6. The number of carbonyl (C=O) groups excluding carboxylic acids is 1. The number of hydrogen-bond donors (Lipinski definition) is 1. The summed E-state index contributed by atoms with van der Waals surface area (Å²) in [5, 5.41) is 5.44. The van der Waals surface area contributed by atoms with Crippen LogP contribution >= 0.6 is 0 Å². The molecule has 1 N–H and O–H groups in total. The molecule has 1 saturated heterocycles. The molecule has 1 heterocycles. The molecule has 0 saturated carbocycles. The quantitative estimate of drug-likeness (QED) is 0.341. The summed E-state index contributed by atoms with van der Waals surface area (Å²) >= 11 is 0. The van der Waals surface area contributed by atoms with Crippen LogP contribution in [0.1, 0.15) is 68.5 Å². The maximum Gasteiger partial charge on any atom is 0.251 e. The summed E-state index contributed by atoms with van der Waals surface area (Å²) in [6.45, 7) is 12.0. The topological polar surface area (TPSA) is 53.9 Å². The van der Waals surface area contributed by atoms with Gasteiger partial charge in [-0.25, -0.2) is 9.38 Å². The van der Waals surface area contributed by atoms with Gasteiger partial charge in [0.15, 0.2) is 0 Å². The standard InChI is InChI=1S/C37H41FN3O2.H2/c1-6-33(40-34(7-2)41-15-13-31(22-41)43-5)26-10-8-24-12-14-36(3,20-29(24)17-26)23-39-35(42)27-11-9-25-16-28-18-30(28)21-37(4,38)32(25)19-27;/h6-12,17-20,31H,2,13-16,21-23H2,1,3-5H3,(H,39,42);1H/b33-6-,40-34?;/t31-,36?,37+;/m0./s1. The van der Waals surface area contributed by atoms with E-state index in [0.29, 0.717) is 24.1 Å². The normalized spacial score (nSPS) is 26.4. The van der Waals surface area contributed by atoms with Crippen LogP contribution in [-0.2, 0) is 16.8 Å². The average molecular weight is 581 g/mol. The van der Waals surface area contributed by atoms with Gasteiger partial charge in [-0.3, -0.25) is 4.79 Å². The number of aliphatic imine (C=N–C) groups is 1. The number of nitrogens with zero attached hydrogens (tertiary/aromatic N) is 2. The molecule has 1 fully saturated rings. The van der Waals surface area contributed by atoms with Gasteiger partial charge in [-0.05, 0) is 78.9 Å². The molecule has 3 atom stereocenters. The van der Waals surface area contributed by atoms with E-state index >= 15 is 4.39 Å². The first-order valence-corrected chi connectivity index (χ1v) is 15.3. The summed E-state index contributed by atoms with van der Waals surface area (Å²) in [4.78, 5) is 20.5. The lowest BCUT2D eigenvalue weighted by Gasteiger charge is -2.28. The van der Waals surface area contributed by atoms with Crippen LogP contribution in [0.2, 0.25) is 0 Å². The van der Waals surface area contributed by atoms with Gasteiger partial charge in [0.25, 0.3) is 5.91 Å². The molecule has 2 aromatic carbocycles. The predicted molar refractivity (Wildman–Crippen MR) is 175 cm³/mol. The van der Waals surface area contributed by atoms with E-state index in [2.05, 4.69) is 60.5 Å². The Labute approximate surface area is 255 Å². The summed E-state index contributed by atoms with van der Waals surface area (Å²) in [6, 6.07) is 11.9. The van der Waals surface area contributed by atoms with Gasteiger partial charge in [-0.1, -0.05) is 61.1 Å². The molecule has 225 valence electrons. The zero-order valence-electron chi connectivity index (χ0n) is 25.7. The maximum absolute atomic E-state index is 15.6. The first-order chi connectivity index (χ1) is 20.6. The van der Waals surface area contributed by atoms with E-state index in [4.69, 9.17) is 9.73 Å². The molecular formula is C37H43FN3O2. The number of methoxy groups -OCH3 is 1. The largest absolute Gasteiger partial charge is 0.380 e. The molecule has 1 amide bonds. The number of ether oxygens (including phenoxy) is 1. The van der Waals surface area contributed by atoms with Gasteiger partial charge in [0, 0.05) is 57.6 Å². The van der Waals surface area contributed by atoms with Crippen molar-refractivity contribution >= 4 is 29.6 Å². The van der Waals surface area contributed by atoms with Gasteiger partial charge in [0.2, 0.25) is 0 Å². The number of hydrogen-bond acceptors (Lipinski definition) is 3. The Morgan fingerprint density at radius 3 is 2.77 bits per heavy atom. The SMILES string of the molecule is C=CC(=N/C(=C\C)c1ccc2c(c1)=CC(C)(CNC(=O)c1ccc3c(c1)[C@](C)(F)CC1=C([CH]1)C3)CC=2)N1CC[C@H](OC)C1.[HH]. The van der Waals surface area contributed by atoms with Crippen molar-refractivity contribution < 1.29 is 15.3 Å². The van der Waals surface area contributed by atoms with Crippen molar-refractivity contribution in [3.63, 3.8) is 0 Å². The summed E-state index contributed by atoms with van der Waals surface area (Å²) < 4.78 is 21.2. The number of allylic oxidation sites excluding steroid dienone is 3. The van der Waals surface area contributed by atoms with Crippen molar-refractivity contribution in [2.45, 2.75) is 58.2 Å². The van der Waals surface area contributed by atoms with Crippen molar-refractivity contribution in [3.05, 3.63) is 105 Å². The van der Waals surface area contributed by atoms with Crippen LogP contribution < -0.4 is 15.8 Å². The number of fused-ring (bicyclic) bond motifs is 2. The smallest absolute Gasteiger partial charge is 0.251 e. The second-order valence-electron chi connectivity index (χ2n) is 12.8. The third kappa shape index (κ3) is 6.03. The Bertz CT molecular complexity index is 1710. The second-order valence-corrected chi connectivity index (χ2v) is 12.8. The fourth-order valence-electron chi connectivity index (χ4n) is 6.64. The monoisotopic (exact) mass is 580 g/mol. The highest BCUT2D eigenvalue weighted by Crippen LogP contribution is 2.48. The molecule has 1 aliphatic heterocycles. The molecule has 1 radical (unpaired) electrons. The Balaban J connectivity index is 0.00000384. The molecule has 4 aliphatic rings. The Morgan fingerprint density at radius 2 is 2.02 bits per heavy atom. The van der Waals surface area contributed by atoms with Gasteiger partial charge in [-0.2, -0.15) is 0 Å². The van der Waals surface area contributed by atoms with Crippen LogP contribution in [0.4, 0.5) is 4.39 Å². The second kappa shape index (κ2) is 11.4. The highest BCUT2D eigenvalue weighted by Gasteiger charge is 2.39. The highest BCUT2D eigenvalue weighted by atomic mass is 19.1. The number of carbonyl (C=O) groups is 1. The number of amidine groups is 1. The van der Waals surface area contributed by atoms with Crippen LogP contribution in [-0.4, -0.2) is 49.5 Å². The van der Waals surface area contributed by atoms with Gasteiger partial charge < -0.3 is 15.0 Å². The lowest BCUT2D eigenvalue weighted by molar-refractivity contribution is 0.0942. The van der Waals surface area contributed by atoms with Crippen molar-refractivity contribution in [1.82, 2.24) is 10.2 Å². The minimum Gasteiger partial charge on any atom is -0.380 e. The van der Waals surface area contributed by atoms with E-state index in [-0.39, 0.29) is 18.9 Å². The minimum absolute atomic E-state index is 0. The molecule has 2 aromatic rings. The van der Waals surface area contributed by atoms with Crippen LogP contribution in [0.5, 0.6) is 0 Å². The van der Waals surface area contributed by atoms with Crippen molar-refractivity contribution in [2.24, 2.45) is 10.4 Å². The fraction of sp³-hybridized carbons (Fsp3) is 0.378. The Kier molecular flexibility index (Phi) is 7.76. The number of alkyl halides is 1. The zero-order valence-corrected chi connectivity index (χ0v) is 25.7. The first-order valence-electron chi connectivity index (χ1n) is 15.3. The Morgan fingerprint density at radius 1 is 1.21 bits per heavy atom. The van der Waals surface area contributed by atoms with Crippen LogP contribution in [0, 0.1) is 11.8 Å². The van der Waals surface area contributed by atoms with Crippen molar-refractivity contribution in [3.8, 4) is 0 Å². The first kappa shape index (κ1) is 29.3. The van der Waals surface area contributed by atoms with Gasteiger partial charge >= 0.3 is 0 Å². The number of amides is 1. The maximum atomic E-state index is 15.6. The Hall–Kier alpha value is -3.77. The van der Waals surface area contributed by atoms with Gasteiger partial charge in [0.1, 0.15) is 11.5 Å². The number of halogens is 1. The zero-order chi connectivity index (χ0) is 30.4. The van der Waals surface area contributed by atoms with E-state index in [1.54, 1.807) is 20.1 Å². The number of nitrogens with one attached hydrogen (secondary N) is 1. The molecule has 6 heteroatoms. The van der Waals surface area contributed by atoms with E-state index in [9.17, 15) is 4.79 Å². The fourth-order valence-corrected chi connectivity index (χ4v) is 6.64. The number of likely N-dealkylation sites (tertiary alicyclic amines) is 1. The predicted octanol–water partition coefficient (Wildman–Crippen LogP) is 5.64. The van der Waals surface area contributed by atoms with Crippen molar-refractivity contribution in [1.29, 1.82) is 0 Å². The van der Waals surface area contributed by atoms with Crippen LogP contribution in [0.25, 0.3) is 17.8 Å². The summed E-state index contributed by atoms with van der Waals surface area (Å²) in [5.41, 5.74) is 4.66. The average Bonchev–Trinajstić information content (AvgIpc) is 3.54. The summed E-state index contributed by atoms with van der Waals surface area (Å²) in [7, 11) is 1.76. The molecule has 3 aliphatic carbocycles. The van der Waals surface area contributed by atoms with Crippen LogP contribution in [0.3, 0.4) is 0 Å². The molecule has 0 spiro atoms. The molecule has 6 rings (SSSR count). The third-order valence-corrected chi connectivity index (χ3v) is 9.34. The lowest BCUT2D eigenvalue weighted by Crippen LogP contribution is -2.40. The number of benzene rings is 2. The lowest BCUT2D eigenvalue weighted by atomic mass is 9.82. The third-order valence-electron chi connectivity index (χ3n) is 9.34. The van der Waals surface area contributed by atoms with E-state index in [1.165, 1.54) is 10.8 Å². The summed E-state index contributed by atoms with van der Waals surface area (Å²) in [5.74, 6) is 0.682. The van der Waals surface area contributed by atoms with E-state index in [1.807, 2.05) is 31.2 Å². The van der Waals surface area contributed by atoms with Gasteiger partial charge in [0.05, 0.1) is 11.8 Å². The molecule has 1 unspecified atom stereocenters. The van der Waals surface area contributed by atoms with E-state index < -0.39 is 5.67 Å². The molecule has 0 bridgehead atoms. The molecule has 0 aromatic heterocycles. The molecule has 43 heavy (non-hydrogen) atoms.